The van der Waals surface area contributed by atoms with Gasteiger partial charge in [0.1, 0.15) is 0 Å². The number of amides is 2. The van der Waals surface area contributed by atoms with Gasteiger partial charge in [0.25, 0.3) is 0 Å². The smallest absolute Gasteiger partial charge is 0.319 e. The van der Waals surface area contributed by atoms with E-state index in [1.165, 1.54) is 5.56 Å². The molecule has 2 aromatic rings. The number of hydrogen-bond donors (Lipinski definition) is 2. The third-order valence-electron chi connectivity index (χ3n) is 4.75. The van der Waals surface area contributed by atoms with Crippen LogP contribution in [0, 0.1) is 0 Å². The minimum Gasteiger partial charge on any atom is -0.338 e. The van der Waals surface area contributed by atoms with Gasteiger partial charge in [-0.05, 0) is 42.8 Å². The van der Waals surface area contributed by atoms with Crippen molar-refractivity contribution in [2.45, 2.75) is 13.0 Å². The molecule has 0 spiro atoms. The van der Waals surface area contributed by atoms with Gasteiger partial charge in [-0.2, -0.15) is 0 Å². The Bertz CT molecular complexity index is 700. The Kier molecular flexibility index (Phi) is 7.51. The maximum Gasteiger partial charge on any atom is 0.319 e. The van der Waals surface area contributed by atoms with Crippen molar-refractivity contribution in [2.75, 3.05) is 44.6 Å². The van der Waals surface area contributed by atoms with E-state index >= 15 is 0 Å². The van der Waals surface area contributed by atoms with Crippen LogP contribution >= 0.6 is 11.6 Å². The first-order valence-corrected chi connectivity index (χ1v) is 9.86. The molecule has 27 heavy (non-hydrogen) atoms. The molecule has 1 aliphatic rings. The molecule has 0 saturated carbocycles. The molecule has 0 atom stereocenters. The number of para-hydroxylation sites is 1. The van der Waals surface area contributed by atoms with Crippen molar-refractivity contribution in [3.05, 3.63) is 65.2 Å². The van der Waals surface area contributed by atoms with Crippen LogP contribution in [-0.4, -0.2) is 55.1 Å². The van der Waals surface area contributed by atoms with Crippen LogP contribution in [0.25, 0.3) is 0 Å². The first-order valence-electron chi connectivity index (χ1n) is 9.48. The zero-order chi connectivity index (χ0) is 18.9. The van der Waals surface area contributed by atoms with Gasteiger partial charge in [-0.1, -0.05) is 41.9 Å². The van der Waals surface area contributed by atoms with Crippen LogP contribution in [0.2, 0.25) is 5.02 Å². The maximum absolute atomic E-state index is 11.9. The van der Waals surface area contributed by atoms with Crippen LogP contribution in [0.4, 0.5) is 10.5 Å². The van der Waals surface area contributed by atoms with Gasteiger partial charge < -0.3 is 15.5 Å². The van der Waals surface area contributed by atoms with Crippen molar-refractivity contribution in [3.63, 3.8) is 0 Å². The summed E-state index contributed by atoms with van der Waals surface area (Å²) < 4.78 is 0. The number of nitrogens with one attached hydrogen (secondary N) is 2. The van der Waals surface area contributed by atoms with Crippen LogP contribution < -0.4 is 10.6 Å². The highest BCUT2D eigenvalue weighted by Gasteiger charge is 2.16. The zero-order valence-electron chi connectivity index (χ0n) is 15.5. The second-order valence-corrected chi connectivity index (χ2v) is 7.28. The monoisotopic (exact) mass is 386 g/mol. The predicted molar refractivity (Wildman–Crippen MR) is 111 cm³/mol. The first-order chi connectivity index (χ1) is 13.2. The second kappa shape index (κ2) is 10.3. The molecule has 1 fully saturated rings. The molecule has 3 rings (SSSR count). The molecule has 2 amide bonds. The number of nitrogens with zero attached hydrogens (tertiary/aromatic N) is 2. The van der Waals surface area contributed by atoms with E-state index in [0.717, 1.165) is 56.4 Å². The van der Waals surface area contributed by atoms with Gasteiger partial charge in [-0.25, -0.2) is 4.79 Å². The quantitative estimate of drug-likeness (QED) is 0.714. The number of piperazine rings is 1. The number of carbonyl (C=O) groups excluding carboxylic acids is 1. The number of halogens is 1. The average Bonchev–Trinajstić information content (AvgIpc) is 2.69. The fourth-order valence-corrected chi connectivity index (χ4v) is 3.35. The van der Waals surface area contributed by atoms with E-state index in [2.05, 4.69) is 32.6 Å². The Morgan fingerprint density at radius 2 is 1.59 bits per heavy atom. The molecule has 0 unspecified atom stereocenters. The molecule has 1 heterocycles. The largest absolute Gasteiger partial charge is 0.338 e. The number of anilines is 1. The highest BCUT2D eigenvalue weighted by atomic mass is 35.5. The molecule has 0 radical (unpaired) electrons. The third-order valence-corrected chi connectivity index (χ3v) is 5.00. The van der Waals surface area contributed by atoms with Crippen LogP contribution in [0.15, 0.2) is 54.6 Å². The molecule has 0 aromatic heterocycles. The first kappa shape index (κ1) is 19.7. The van der Waals surface area contributed by atoms with Crippen molar-refractivity contribution in [2.24, 2.45) is 0 Å². The summed E-state index contributed by atoms with van der Waals surface area (Å²) in [6.07, 6.45) is 0.958. The fraction of sp³-hybridized carbons (Fsp3) is 0.381. The predicted octanol–water partition coefficient (Wildman–Crippen LogP) is 3.67. The van der Waals surface area contributed by atoms with Gasteiger partial charge in [-0.15, -0.1) is 0 Å². The number of rotatable bonds is 7. The van der Waals surface area contributed by atoms with E-state index in [1.807, 2.05) is 42.5 Å². The fourth-order valence-electron chi connectivity index (χ4n) is 3.22. The molecule has 1 aliphatic heterocycles. The van der Waals surface area contributed by atoms with E-state index in [4.69, 9.17) is 11.6 Å². The van der Waals surface area contributed by atoms with E-state index in [1.54, 1.807) is 0 Å². The standard InChI is InChI=1S/C21H27ClN4O/c22-19-9-7-18(8-10-19)17-26-15-13-25(14-16-26)12-4-11-23-21(27)24-20-5-2-1-3-6-20/h1-3,5-10H,4,11-17H2,(H2,23,24,27). The Labute approximate surface area is 166 Å². The van der Waals surface area contributed by atoms with Crippen molar-refractivity contribution >= 4 is 23.3 Å². The summed E-state index contributed by atoms with van der Waals surface area (Å²) in [4.78, 5) is 16.8. The van der Waals surface area contributed by atoms with Gasteiger partial charge in [0.15, 0.2) is 0 Å². The van der Waals surface area contributed by atoms with Crippen molar-refractivity contribution in [1.82, 2.24) is 15.1 Å². The lowest BCUT2D eigenvalue weighted by molar-refractivity contribution is 0.126. The third kappa shape index (κ3) is 6.86. The van der Waals surface area contributed by atoms with E-state index in [0.29, 0.717) is 6.54 Å². The lowest BCUT2D eigenvalue weighted by Crippen LogP contribution is -2.46. The van der Waals surface area contributed by atoms with E-state index in [9.17, 15) is 4.79 Å². The number of benzene rings is 2. The molecule has 144 valence electrons. The van der Waals surface area contributed by atoms with Crippen LogP contribution in [0.3, 0.4) is 0 Å². The van der Waals surface area contributed by atoms with Crippen molar-refractivity contribution in [1.29, 1.82) is 0 Å². The average molecular weight is 387 g/mol. The lowest BCUT2D eigenvalue weighted by atomic mass is 10.2. The molecule has 0 aliphatic carbocycles. The van der Waals surface area contributed by atoms with E-state index in [-0.39, 0.29) is 6.03 Å². The summed E-state index contributed by atoms with van der Waals surface area (Å²) in [5.41, 5.74) is 2.12. The van der Waals surface area contributed by atoms with Gasteiger partial charge >= 0.3 is 6.03 Å². The molecule has 5 nitrogen and oxygen atoms in total. The molecule has 2 N–H and O–H groups in total. The van der Waals surface area contributed by atoms with Gasteiger partial charge in [0, 0.05) is 50.0 Å². The minimum absolute atomic E-state index is 0.144. The van der Waals surface area contributed by atoms with Gasteiger partial charge in [0.2, 0.25) is 0 Å². The minimum atomic E-state index is -0.144. The van der Waals surface area contributed by atoms with Crippen LogP contribution in [0.5, 0.6) is 0 Å². The Balaban J connectivity index is 1.27. The number of carbonyl (C=O) groups is 1. The summed E-state index contributed by atoms with van der Waals surface area (Å²) in [5, 5.41) is 6.54. The summed E-state index contributed by atoms with van der Waals surface area (Å²) in [6, 6.07) is 17.5. The van der Waals surface area contributed by atoms with E-state index < -0.39 is 0 Å². The summed E-state index contributed by atoms with van der Waals surface area (Å²) in [7, 11) is 0. The maximum atomic E-state index is 11.9. The second-order valence-electron chi connectivity index (χ2n) is 6.84. The van der Waals surface area contributed by atoms with Gasteiger partial charge in [-0.3, -0.25) is 4.90 Å². The Hall–Kier alpha value is -2.08. The highest BCUT2D eigenvalue weighted by molar-refractivity contribution is 6.30. The van der Waals surface area contributed by atoms with Crippen molar-refractivity contribution < 1.29 is 4.79 Å². The zero-order valence-corrected chi connectivity index (χ0v) is 16.3. The molecular formula is C21H27ClN4O. The Morgan fingerprint density at radius 1 is 0.926 bits per heavy atom. The highest BCUT2D eigenvalue weighted by Crippen LogP contribution is 2.13. The molecule has 1 saturated heterocycles. The van der Waals surface area contributed by atoms with Crippen LogP contribution in [0.1, 0.15) is 12.0 Å². The topological polar surface area (TPSA) is 47.6 Å². The SMILES string of the molecule is O=C(NCCCN1CCN(Cc2ccc(Cl)cc2)CC1)Nc1ccccc1. The van der Waals surface area contributed by atoms with Crippen molar-refractivity contribution in [3.8, 4) is 0 Å². The normalized spacial score (nSPS) is 15.4. The molecule has 6 heteroatoms. The number of urea groups is 1. The summed E-state index contributed by atoms with van der Waals surface area (Å²) in [6.45, 7) is 6.97. The summed E-state index contributed by atoms with van der Waals surface area (Å²) >= 11 is 5.94. The van der Waals surface area contributed by atoms with Crippen LogP contribution in [-0.2, 0) is 6.54 Å². The Morgan fingerprint density at radius 3 is 2.30 bits per heavy atom. The lowest BCUT2D eigenvalue weighted by Gasteiger charge is -2.34. The molecular weight excluding hydrogens is 360 g/mol. The molecule has 2 aromatic carbocycles. The number of hydrogen-bond acceptors (Lipinski definition) is 3. The molecule has 0 bridgehead atoms. The summed E-state index contributed by atoms with van der Waals surface area (Å²) in [5.74, 6) is 0. The van der Waals surface area contributed by atoms with Gasteiger partial charge in [0.05, 0.1) is 0 Å².